The molecule has 4 nitrogen and oxygen atoms in total. The molecule has 3 rings (SSSR count). The molecular formula is C20H27IN4. The maximum atomic E-state index is 6.09. The van der Waals surface area contributed by atoms with E-state index in [-0.39, 0.29) is 24.0 Å². The second-order valence-corrected chi connectivity index (χ2v) is 6.39. The summed E-state index contributed by atoms with van der Waals surface area (Å²) in [7, 11) is 0. The second kappa shape index (κ2) is 9.77. The molecule has 25 heavy (non-hydrogen) atoms. The quantitative estimate of drug-likeness (QED) is 0.409. The molecule has 134 valence electrons. The van der Waals surface area contributed by atoms with Crippen LogP contribution in [-0.2, 0) is 0 Å². The highest BCUT2D eigenvalue weighted by Gasteiger charge is 2.23. The Morgan fingerprint density at radius 3 is 2.36 bits per heavy atom. The van der Waals surface area contributed by atoms with Crippen molar-refractivity contribution in [2.75, 3.05) is 25.0 Å². The Kier molecular flexibility index (Phi) is 7.71. The minimum Gasteiger partial charge on any atom is -0.370 e. The summed E-state index contributed by atoms with van der Waals surface area (Å²) in [5.74, 6) is 0.471. The molecule has 1 saturated heterocycles. The van der Waals surface area contributed by atoms with Crippen molar-refractivity contribution in [1.29, 1.82) is 0 Å². The third kappa shape index (κ3) is 5.71. The molecule has 1 unspecified atom stereocenters. The zero-order chi connectivity index (χ0) is 16.8. The number of guanidine groups is 1. The van der Waals surface area contributed by atoms with Crippen LogP contribution in [-0.4, -0.2) is 30.5 Å². The number of anilines is 1. The van der Waals surface area contributed by atoms with Gasteiger partial charge in [0.2, 0.25) is 0 Å². The molecule has 1 aliphatic rings. The SMILES string of the molecule is Cc1ccc(NC(N)=NCC(c2ccccc2)N2CCCC2)cc1.I. The monoisotopic (exact) mass is 450 g/mol. The normalized spacial score (nSPS) is 16.3. The van der Waals surface area contributed by atoms with Crippen LogP contribution in [0.1, 0.15) is 30.0 Å². The van der Waals surface area contributed by atoms with E-state index < -0.39 is 0 Å². The van der Waals surface area contributed by atoms with Gasteiger partial charge >= 0.3 is 0 Å². The molecule has 0 bridgehead atoms. The van der Waals surface area contributed by atoms with E-state index in [1.54, 1.807) is 0 Å². The highest BCUT2D eigenvalue weighted by molar-refractivity contribution is 14.0. The van der Waals surface area contributed by atoms with Crippen molar-refractivity contribution in [3.63, 3.8) is 0 Å². The Labute approximate surface area is 167 Å². The van der Waals surface area contributed by atoms with Crippen LogP contribution < -0.4 is 11.1 Å². The maximum absolute atomic E-state index is 6.09. The van der Waals surface area contributed by atoms with Gasteiger partial charge in [0.1, 0.15) is 0 Å². The second-order valence-electron chi connectivity index (χ2n) is 6.39. The maximum Gasteiger partial charge on any atom is 0.193 e. The Balaban J connectivity index is 0.00000225. The largest absolute Gasteiger partial charge is 0.370 e. The molecule has 0 aromatic heterocycles. The standard InChI is InChI=1S/C20H26N4.HI/c1-16-9-11-18(12-10-16)23-20(21)22-15-19(24-13-5-6-14-24)17-7-3-2-4-8-17;/h2-4,7-12,19H,5-6,13-15H2,1H3,(H3,21,22,23);1H. The van der Waals surface area contributed by atoms with E-state index in [9.17, 15) is 0 Å². The Morgan fingerprint density at radius 2 is 1.72 bits per heavy atom. The third-order valence-corrected chi connectivity index (χ3v) is 4.52. The smallest absolute Gasteiger partial charge is 0.193 e. The lowest BCUT2D eigenvalue weighted by atomic mass is 10.1. The lowest BCUT2D eigenvalue weighted by Gasteiger charge is -2.26. The first-order chi connectivity index (χ1) is 11.7. The van der Waals surface area contributed by atoms with Crippen LogP contribution in [0.5, 0.6) is 0 Å². The zero-order valence-electron chi connectivity index (χ0n) is 14.7. The van der Waals surface area contributed by atoms with E-state index >= 15 is 0 Å². The Hall–Kier alpha value is -1.60. The fourth-order valence-electron chi connectivity index (χ4n) is 3.17. The summed E-state index contributed by atoms with van der Waals surface area (Å²) < 4.78 is 0. The van der Waals surface area contributed by atoms with Crippen LogP contribution in [0.15, 0.2) is 59.6 Å². The summed E-state index contributed by atoms with van der Waals surface area (Å²) in [6.45, 7) is 5.02. The molecule has 2 aromatic rings. The van der Waals surface area contributed by atoms with Crippen LogP contribution in [0.25, 0.3) is 0 Å². The van der Waals surface area contributed by atoms with Gasteiger partial charge in [0.25, 0.3) is 0 Å². The van der Waals surface area contributed by atoms with Gasteiger partial charge in [-0.05, 0) is 50.6 Å². The minimum absolute atomic E-state index is 0. The van der Waals surface area contributed by atoms with Gasteiger partial charge in [0.05, 0.1) is 12.6 Å². The Bertz CT molecular complexity index is 664. The number of likely N-dealkylation sites (tertiary alicyclic amines) is 1. The molecule has 2 aromatic carbocycles. The van der Waals surface area contributed by atoms with Gasteiger partial charge in [0.15, 0.2) is 5.96 Å². The summed E-state index contributed by atoms with van der Waals surface area (Å²) in [6.07, 6.45) is 2.54. The lowest BCUT2D eigenvalue weighted by molar-refractivity contribution is 0.252. The molecule has 0 radical (unpaired) electrons. The van der Waals surface area contributed by atoms with Crippen molar-refractivity contribution < 1.29 is 0 Å². The lowest BCUT2D eigenvalue weighted by Crippen LogP contribution is -2.30. The topological polar surface area (TPSA) is 53.6 Å². The molecule has 0 spiro atoms. The third-order valence-electron chi connectivity index (χ3n) is 4.52. The first-order valence-corrected chi connectivity index (χ1v) is 8.65. The number of nitrogens with one attached hydrogen (secondary N) is 1. The average molecular weight is 450 g/mol. The molecule has 1 atom stereocenters. The van der Waals surface area contributed by atoms with E-state index in [0.29, 0.717) is 18.5 Å². The summed E-state index contributed by atoms with van der Waals surface area (Å²) in [5.41, 5.74) is 9.60. The van der Waals surface area contributed by atoms with E-state index in [4.69, 9.17) is 5.73 Å². The number of nitrogens with zero attached hydrogens (tertiary/aromatic N) is 2. The predicted octanol–water partition coefficient (Wildman–Crippen LogP) is 4.18. The fourth-order valence-corrected chi connectivity index (χ4v) is 3.17. The van der Waals surface area contributed by atoms with Crippen molar-refractivity contribution in [2.24, 2.45) is 10.7 Å². The molecule has 0 aliphatic carbocycles. The van der Waals surface area contributed by atoms with Crippen molar-refractivity contribution in [3.8, 4) is 0 Å². The number of nitrogens with two attached hydrogens (primary N) is 1. The van der Waals surface area contributed by atoms with Gasteiger partial charge < -0.3 is 11.1 Å². The zero-order valence-corrected chi connectivity index (χ0v) is 17.0. The summed E-state index contributed by atoms with van der Waals surface area (Å²) in [4.78, 5) is 7.12. The summed E-state index contributed by atoms with van der Waals surface area (Å²) in [5, 5.41) is 3.18. The van der Waals surface area contributed by atoms with Gasteiger partial charge in [-0.25, -0.2) is 0 Å². The van der Waals surface area contributed by atoms with E-state index in [2.05, 4.69) is 64.6 Å². The summed E-state index contributed by atoms with van der Waals surface area (Å²) >= 11 is 0. The summed E-state index contributed by atoms with van der Waals surface area (Å²) in [6, 6.07) is 19.1. The van der Waals surface area contributed by atoms with Crippen LogP contribution in [0, 0.1) is 6.92 Å². The molecule has 1 fully saturated rings. The fraction of sp³-hybridized carbons (Fsp3) is 0.350. The van der Waals surface area contributed by atoms with Crippen LogP contribution in [0.4, 0.5) is 5.69 Å². The van der Waals surface area contributed by atoms with Crippen LogP contribution >= 0.6 is 24.0 Å². The number of benzene rings is 2. The van der Waals surface area contributed by atoms with Gasteiger partial charge in [-0.2, -0.15) is 0 Å². The van der Waals surface area contributed by atoms with Crippen molar-refractivity contribution in [2.45, 2.75) is 25.8 Å². The first-order valence-electron chi connectivity index (χ1n) is 8.65. The minimum atomic E-state index is 0. The molecule has 5 heteroatoms. The highest BCUT2D eigenvalue weighted by atomic mass is 127. The highest BCUT2D eigenvalue weighted by Crippen LogP contribution is 2.25. The van der Waals surface area contributed by atoms with Crippen LogP contribution in [0.2, 0.25) is 0 Å². The van der Waals surface area contributed by atoms with Crippen molar-refractivity contribution in [3.05, 3.63) is 65.7 Å². The number of hydrogen-bond acceptors (Lipinski definition) is 2. The van der Waals surface area contributed by atoms with E-state index in [1.807, 2.05) is 12.1 Å². The number of rotatable bonds is 5. The number of aryl methyl sites for hydroxylation is 1. The molecule has 1 aliphatic heterocycles. The number of halogens is 1. The molecule has 0 saturated carbocycles. The number of hydrogen-bond donors (Lipinski definition) is 2. The Morgan fingerprint density at radius 1 is 1.08 bits per heavy atom. The van der Waals surface area contributed by atoms with E-state index in [1.165, 1.54) is 24.0 Å². The van der Waals surface area contributed by atoms with Gasteiger partial charge in [-0.1, -0.05) is 48.0 Å². The first kappa shape index (κ1) is 19.7. The molecule has 1 heterocycles. The molecular weight excluding hydrogens is 423 g/mol. The van der Waals surface area contributed by atoms with Crippen molar-refractivity contribution >= 4 is 35.6 Å². The van der Waals surface area contributed by atoms with E-state index in [0.717, 1.165) is 18.8 Å². The van der Waals surface area contributed by atoms with Crippen molar-refractivity contribution in [1.82, 2.24) is 4.90 Å². The van der Waals surface area contributed by atoms with Gasteiger partial charge in [0, 0.05) is 5.69 Å². The molecule has 3 N–H and O–H groups in total. The predicted molar refractivity (Wildman–Crippen MR) is 117 cm³/mol. The van der Waals surface area contributed by atoms with Crippen LogP contribution in [0.3, 0.4) is 0 Å². The van der Waals surface area contributed by atoms with Gasteiger partial charge in [-0.15, -0.1) is 24.0 Å². The number of aliphatic imine (C=N–C) groups is 1. The van der Waals surface area contributed by atoms with Gasteiger partial charge in [-0.3, -0.25) is 9.89 Å². The average Bonchev–Trinajstić information content (AvgIpc) is 3.12. The molecule has 0 amide bonds.